The topological polar surface area (TPSA) is 57.5 Å². The van der Waals surface area contributed by atoms with Crippen LogP contribution in [0.5, 0.6) is 0 Å². The molecule has 1 aromatic carbocycles. The first-order valence-corrected chi connectivity index (χ1v) is 11.8. The van der Waals surface area contributed by atoms with Crippen LogP contribution in [-0.4, -0.2) is 27.7 Å². The normalized spacial score (nSPS) is 24.3. The molecule has 30 heavy (non-hydrogen) atoms. The van der Waals surface area contributed by atoms with Crippen LogP contribution in [0.2, 0.25) is 5.02 Å². The maximum absolute atomic E-state index is 11.0. The van der Waals surface area contributed by atoms with Crippen LogP contribution in [0.3, 0.4) is 0 Å². The summed E-state index contributed by atoms with van der Waals surface area (Å²) < 4.78 is 0. The highest BCUT2D eigenvalue weighted by Gasteiger charge is 2.39. The Morgan fingerprint density at radius 3 is 2.63 bits per heavy atom. The fraction of sp³-hybridized carbons (Fsp3) is 0.375. The van der Waals surface area contributed by atoms with Gasteiger partial charge in [0, 0.05) is 21.2 Å². The van der Waals surface area contributed by atoms with Gasteiger partial charge in [0.25, 0.3) is 0 Å². The predicted octanol–water partition coefficient (Wildman–Crippen LogP) is 6.77. The third kappa shape index (κ3) is 5.98. The van der Waals surface area contributed by atoms with E-state index in [-0.39, 0.29) is 17.2 Å². The van der Waals surface area contributed by atoms with E-state index in [1.54, 1.807) is 6.07 Å². The maximum atomic E-state index is 11.0. The van der Waals surface area contributed by atoms with E-state index in [0.29, 0.717) is 16.3 Å². The largest absolute Gasteiger partial charge is 0.477 e. The van der Waals surface area contributed by atoms with Crippen molar-refractivity contribution in [2.75, 3.05) is 0 Å². The Morgan fingerprint density at radius 2 is 1.97 bits per heavy atom. The summed E-state index contributed by atoms with van der Waals surface area (Å²) >= 11 is 14.1. The lowest BCUT2D eigenvalue weighted by atomic mass is 9.89. The van der Waals surface area contributed by atoms with Gasteiger partial charge in [-0.1, -0.05) is 35.9 Å². The van der Waals surface area contributed by atoms with Gasteiger partial charge in [-0.3, -0.25) is 0 Å². The molecule has 0 bridgehead atoms. The van der Waals surface area contributed by atoms with E-state index >= 15 is 0 Å². The number of hydrogen-bond donors (Lipinski definition) is 2. The fourth-order valence-corrected chi connectivity index (χ4v) is 5.73. The molecule has 1 heterocycles. The van der Waals surface area contributed by atoms with Crippen molar-refractivity contribution in [3.63, 3.8) is 0 Å². The molecule has 3 rings (SSSR count). The summed E-state index contributed by atoms with van der Waals surface area (Å²) in [6, 6.07) is 9.44. The molecule has 0 spiro atoms. The van der Waals surface area contributed by atoms with Crippen LogP contribution in [0.15, 0.2) is 42.5 Å². The number of carboxylic acids is 1. The molecule has 0 radical (unpaired) electrons. The molecule has 1 saturated carbocycles. The van der Waals surface area contributed by atoms with Crippen molar-refractivity contribution in [2.24, 2.45) is 11.8 Å². The summed E-state index contributed by atoms with van der Waals surface area (Å²) in [5, 5.41) is 20.2. The predicted molar refractivity (Wildman–Crippen MR) is 127 cm³/mol. The van der Waals surface area contributed by atoms with E-state index in [1.807, 2.05) is 43.4 Å². The number of aliphatic hydroxyl groups is 1. The van der Waals surface area contributed by atoms with E-state index in [1.165, 1.54) is 11.3 Å². The average molecular weight is 465 g/mol. The Balaban J connectivity index is 1.65. The van der Waals surface area contributed by atoms with Gasteiger partial charge in [0.1, 0.15) is 4.88 Å². The lowest BCUT2D eigenvalue weighted by Gasteiger charge is -2.20. The van der Waals surface area contributed by atoms with E-state index < -0.39 is 12.1 Å². The highest BCUT2D eigenvalue weighted by molar-refractivity contribution is 7.13. The Bertz CT molecular complexity index is 934. The van der Waals surface area contributed by atoms with Gasteiger partial charge < -0.3 is 10.2 Å². The number of carboxylic acid groups (broad SMARTS) is 1. The molecule has 6 heteroatoms. The molecule has 2 N–H and O–H groups in total. The van der Waals surface area contributed by atoms with Crippen molar-refractivity contribution >= 4 is 52.7 Å². The van der Waals surface area contributed by atoms with E-state index in [9.17, 15) is 9.90 Å². The highest BCUT2D eigenvalue weighted by Crippen LogP contribution is 2.40. The van der Waals surface area contributed by atoms with Crippen LogP contribution >= 0.6 is 34.5 Å². The molecule has 160 valence electrons. The molecule has 1 fully saturated rings. The fourth-order valence-electron chi connectivity index (χ4n) is 4.12. The maximum Gasteiger partial charge on any atom is 0.345 e. The van der Waals surface area contributed by atoms with Crippen molar-refractivity contribution in [3.8, 4) is 0 Å². The minimum Gasteiger partial charge on any atom is -0.477 e. The summed E-state index contributed by atoms with van der Waals surface area (Å²) in [4.78, 5) is 12.5. The zero-order chi connectivity index (χ0) is 21.7. The number of aryl methyl sites for hydroxylation is 1. The molecule has 3 nitrogen and oxygen atoms in total. The first kappa shape index (κ1) is 23.1. The first-order chi connectivity index (χ1) is 14.4. The van der Waals surface area contributed by atoms with Crippen molar-refractivity contribution in [1.82, 2.24) is 0 Å². The summed E-state index contributed by atoms with van der Waals surface area (Å²) in [7, 11) is 0. The standard InChI is InChI=1S/C24H26Cl2O3S/c1-2-4-15-11-16(13-17(25)12-15)7-9-20-19(21(26)14-22(20)27)6-3-5-18-8-10-23(30-18)24(28)29/h2,4,7-13,19-22,27H,3,5-6,14H2,1H3,(H,28,29)/b4-2+,9-7?/t19-,20+,21+,22-/m1/s1. The third-order valence-electron chi connectivity index (χ3n) is 5.52. The van der Waals surface area contributed by atoms with Crippen molar-refractivity contribution < 1.29 is 15.0 Å². The number of aliphatic hydroxyl groups excluding tert-OH is 1. The number of hydrogen-bond acceptors (Lipinski definition) is 3. The van der Waals surface area contributed by atoms with E-state index in [0.717, 1.165) is 35.3 Å². The minimum absolute atomic E-state index is 0.00503. The number of aromatic carboxylic acids is 1. The number of alkyl halides is 1. The zero-order valence-corrected chi connectivity index (χ0v) is 19.1. The number of rotatable bonds is 8. The monoisotopic (exact) mass is 464 g/mol. The second kappa shape index (κ2) is 10.6. The Morgan fingerprint density at radius 1 is 1.23 bits per heavy atom. The van der Waals surface area contributed by atoms with Crippen LogP contribution < -0.4 is 0 Å². The van der Waals surface area contributed by atoms with Crippen molar-refractivity contribution in [1.29, 1.82) is 0 Å². The minimum atomic E-state index is -0.880. The van der Waals surface area contributed by atoms with E-state index in [4.69, 9.17) is 28.3 Å². The number of allylic oxidation sites excluding steroid dienone is 1. The Kier molecular flexibility index (Phi) is 8.18. The summed E-state index contributed by atoms with van der Waals surface area (Å²) in [6.07, 6.45) is 10.8. The van der Waals surface area contributed by atoms with Crippen LogP contribution in [0.4, 0.5) is 0 Å². The van der Waals surface area contributed by atoms with Gasteiger partial charge in [0.2, 0.25) is 0 Å². The lowest BCUT2D eigenvalue weighted by molar-refractivity contribution is 0.0702. The number of halogens is 2. The molecule has 1 aliphatic carbocycles. The smallest absolute Gasteiger partial charge is 0.345 e. The molecule has 0 unspecified atom stereocenters. The highest BCUT2D eigenvalue weighted by atomic mass is 35.5. The second-order valence-electron chi connectivity index (χ2n) is 7.70. The Hall–Kier alpha value is -1.59. The van der Waals surface area contributed by atoms with Gasteiger partial charge in [0.15, 0.2) is 0 Å². The van der Waals surface area contributed by atoms with Gasteiger partial charge >= 0.3 is 5.97 Å². The summed E-state index contributed by atoms with van der Waals surface area (Å²) in [5.74, 6) is -0.699. The SMILES string of the molecule is C/C=C/c1cc(Cl)cc(C=C[C@H]2[C@@H](CCCc3ccc(C(=O)O)s3)[C@@H](Cl)C[C@H]2O)c1. The first-order valence-electron chi connectivity index (χ1n) is 10.1. The van der Waals surface area contributed by atoms with Crippen molar-refractivity contribution in [2.45, 2.75) is 44.1 Å². The number of benzene rings is 1. The van der Waals surface area contributed by atoms with E-state index in [2.05, 4.69) is 12.1 Å². The quantitative estimate of drug-likeness (QED) is 0.423. The molecule has 0 saturated heterocycles. The van der Waals surface area contributed by atoms with Gasteiger partial charge in [-0.2, -0.15) is 0 Å². The molecule has 0 aliphatic heterocycles. The molecule has 1 aromatic heterocycles. The van der Waals surface area contributed by atoms with Gasteiger partial charge in [-0.15, -0.1) is 22.9 Å². The number of thiophene rings is 1. The van der Waals surface area contributed by atoms with Gasteiger partial charge in [-0.25, -0.2) is 4.79 Å². The molecule has 0 amide bonds. The molecular weight excluding hydrogens is 439 g/mol. The van der Waals surface area contributed by atoms with Crippen LogP contribution in [-0.2, 0) is 6.42 Å². The zero-order valence-electron chi connectivity index (χ0n) is 16.8. The molecule has 2 aromatic rings. The third-order valence-corrected chi connectivity index (χ3v) is 7.37. The van der Waals surface area contributed by atoms with Gasteiger partial charge in [0.05, 0.1) is 6.10 Å². The molecule has 4 atom stereocenters. The van der Waals surface area contributed by atoms with Crippen LogP contribution in [0, 0.1) is 11.8 Å². The average Bonchev–Trinajstić information content (AvgIpc) is 3.25. The van der Waals surface area contributed by atoms with Crippen molar-refractivity contribution in [3.05, 3.63) is 68.4 Å². The van der Waals surface area contributed by atoms with Gasteiger partial charge in [-0.05, 0) is 80.0 Å². The summed E-state index contributed by atoms with van der Waals surface area (Å²) in [6.45, 7) is 1.97. The summed E-state index contributed by atoms with van der Waals surface area (Å²) in [5.41, 5.74) is 2.04. The Labute approximate surface area is 191 Å². The lowest BCUT2D eigenvalue weighted by Crippen LogP contribution is -2.18. The second-order valence-corrected chi connectivity index (χ2v) is 9.87. The molecule has 1 aliphatic rings. The van der Waals surface area contributed by atoms with Crippen LogP contribution in [0.25, 0.3) is 12.2 Å². The van der Waals surface area contributed by atoms with Crippen LogP contribution in [0.1, 0.15) is 51.9 Å². The molecular formula is C24H26Cl2O3S. The number of carbonyl (C=O) groups is 1.